The summed E-state index contributed by atoms with van der Waals surface area (Å²) in [7, 11) is 0. The van der Waals surface area contributed by atoms with E-state index in [1.54, 1.807) is 11.0 Å². The summed E-state index contributed by atoms with van der Waals surface area (Å²) in [6, 6.07) is 3.60. The third-order valence-electron chi connectivity index (χ3n) is 2.93. The molecule has 0 saturated carbocycles. The molecule has 1 unspecified atom stereocenters. The Bertz CT molecular complexity index is 544. The van der Waals surface area contributed by atoms with E-state index in [2.05, 4.69) is 10.3 Å². The van der Waals surface area contributed by atoms with Crippen LogP contribution in [0.15, 0.2) is 12.3 Å². The zero-order valence-corrected chi connectivity index (χ0v) is 11.9. The van der Waals surface area contributed by atoms with E-state index >= 15 is 0 Å². The summed E-state index contributed by atoms with van der Waals surface area (Å²) in [6.45, 7) is 3.73. The largest absolute Gasteiger partial charge is 0.369 e. The molecule has 0 aliphatic carbocycles. The number of ether oxygens (including phenoxy) is 1. The Balaban J connectivity index is 2.13. The fourth-order valence-corrected chi connectivity index (χ4v) is 2.18. The molecular formula is C13H15ClN4O2. The van der Waals surface area contributed by atoms with Crippen LogP contribution in [0.3, 0.4) is 0 Å². The number of carbonyl (C=O) groups is 1. The molecule has 106 valence electrons. The molecule has 1 amide bonds. The lowest BCUT2D eigenvalue weighted by atomic mass is 10.2. The second-order valence-corrected chi connectivity index (χ2v) is 4.73. The first-order chi connectivity index (χ1) is 9.65. The summed E-state index contributed by atoms with van der Waals surface area (Å²) < 4.78 is 5.21. The Labute approximate surface area is 122 Å². The molecule has 20 heavy (non-hydrogen) atoms. The maximum atomic E-state index is 12.3. The number of nitrogens with one attached hydrogen (secondary N) is 1. The zero-order valence-electron chi connectivity index (χ0n) is 11.1. The van der Waals surface area contributed by atoms with Gasteiger partial charge in [-0.05, 0) is 13.0 Å². The molecule has 1 aromatic rings. The third kappa shape index (κ3) is 3.18. The summed E-state index contributed by atoms with van der Waals surface area (Å²) in [4.78, 5) is 18.0. The van der Waals surface area contributed by atoms with Crippen molar-refractivity contribution in [1.29, 1.82) is 5.26 Å². The molecule has 0 spiro atoms. The molecule has 0 radical (unpaired) electrons. The van der Waals surface area contributed by atoms with Crippen LogP contribution in [0, 0.1) is 11.3 Å². The first-order valence-electron chi connectivity index (χ1n) is 6.35. The van der Waals surface area contributed by atoms with Crippen LogP contribution in [0.1, 0.15) is 17.3 Å². The number of nitriles is 1. The summed E-state index contributed by atoms with van der Waals surface area (Å²) in [6.07, 6.45) is 0.917. The lowest BCUT2D eigenvalue weighted by Gasteiger charge is -2.29. The van der Waals surface area contributed by atoms with Gasteiger partial charge in [0, 0.05) is 19.3 Å². The van der Waals surface area contributed by atoms with Crippen molar-refractivity contribution < 1.29 is 9.53 Å². The molecule has 1 aliphatic rings. The van der Waals surface area contributed by atoms with Crippen molar-refractivity contribution >= 4 is 23.3 Å². The van der Waals surface area contributed by atoms with Crippen LogP contribution in [-0.2, 0) is 4.74 Å². The number of anilines is 1. The second kappa shape index (κ2) is 6.55. The smallest absolute Gasteiger partial charge is 0.255 e. The molecular weight excluding hydrogens is 280 g/mol. The van der Waals surface area contributed by atoms with Crippen LogP contribution < -0.4 is 5.32 Å². The van der Waals surface area contributed by atoms with Gasteiger partial charge in [-0.15, -0.1) is 0 Å². The van der Waals surface area contributed by atoms with E-state index in [-0.39, 0.29) is 12.5 Å². The molecule has 1 N–H and O–H groups in total. The van der Waals surface area contributed by atoms with Crippen LogP contribution in [0.5, 0.6) is 0 Å². The number of pyridine rings is 1. The fourth-order valence-electron chi connectivity index (χ4n) is 1.95. The van der Waals surface area contributed by atoms with Crippen LogP contribution >= 0.6 is 11.6 Å². The van der Waals surface area contributed by atoms with Crippen molar-refractivity contribution in [2.24, 2.45) is 0 Å². The first kappa shape index (κ1) is 14.6. The molecule has 1 atom stereocenters. The van der Waals surface area contributed by atoms with Crippen molar-refractivity contribution in [1.82, 2.24) is 9.88 Å². The van der Waals surface area contributed by atoms with Crippen molar-refractivity contribution in [2.75, 3.05) is 31.6 Å². The summed E-state index contributed by atoms with van der Waals surface area (Å²) in [5.74, 6) is 0.369. The van der Waals surface area contributed by atoms with Gasteiger partial charge in [0.15, 0.2) is 6.10 Å². The SMILES string of the molecule is CCNc1ncc(C(=O)N2CCOC(C#N)C2)cc1Cl. The monoisotopic (exact) mass is 294 g/mol. The molecule has 1 fully saturated rings. The maximum absolute atomic E-state index is 12.3. The minimum absolute atomic E-state index is 0.189. The summed E-state index contributed by atoms with van der Waals surface area (Å²) >= 11 is 6.07. The molecule has 1 saturated heterocycles. The minimum atomic E-state index is -0.572. The molecule has 0 aromatic carbocycles. The normalized spacial score (nSPS) is 18.4. The van der Waals surface area contributed by atoms with E-state index in [9.17, 15) is 4.79 Å². The van der Waals surface area contributed by atoms with Gasteiger partial charge in [0.25, 0.3) is 5.91 Å². The van der Waals surface area contributed by atoms with E-state index in [1.807, 2.05) is 13.0 Å². The number of amides is 1. The van der Waals surface area contributed by atoms with E-state index in [0.717, 1.165) is 0 Å². The molecule has 6 nitrogen and oxygen atoms in total. The Morgan fingerprint density at radius 2 is 2.55 bits per heavy atom. The second-order valence-electron chi connectivity index (χ2n) is 4.32. The van der Waals surface area contributed by atoms with E-state index in [0.29, 0.717) is 36.1 Å². The van der Waals surface area contributed by atoms with Gasteiger partial charge in [-0.1, -0.05) is 11.6 Å². The highest BCUT2D eigenvalue weighted by Gasteiger charge is 2.25. The van der Waals surface area contributed by atoms with Crippen molar-refractivity contribution in [3.05, 3.63) is 22.8 Å². The average molecular weight is 295 g/mol. The highest BCUT2D eigenvalue weighted by molar-refractivity contribution is 6.33. The Morgan fingerprint density at radius 1 is 1.75 bits per heavy atom. The minimum Gasteiger partial charge on any atom is -0.369 e. The van der Waals surface area contributed by atoms with Crippen LogP contribution in [0.25, 0.3) is 0 Å². The van der Waals surface area contributed by atoms with Gasteiger partial charge in [-0.2, -0.15) is 5.26 Å². The highest BCUT2D eigenvalue weighted by atomic mass is 35.5. The molecule has 2 heterocycles. The highest BCUT2D eigenvalue weighted by Crippen LogP contribution is 2.21. The summed E-state index contributed by atoms with van der Waals surface area (Å²) in [5, 5.41) is 12.3. The van der Waals surface area contributed by atoms with Gasteiger partial charge in [-0.3, -0.25) is 4.79 Å². The number of aromatic nitrogens is 1. The van der Waals surface area contributed by atoms with Crippen LogP contribution in [0.4, 0.5) is 5.82 Å². The lowest BCUT2D eigenvalue weighted by Crippen LogP contribution is -2.45. The van der Waals surface area contributed by atoms with Crippen LogP contribution in [-0.4, -0.2) is 48.1 Å². The maximum Gasteiger partial charge on any atom is 0.255 e. The number of carbonyl (C=O) groups excluding carboxylic acids is 1. The molecule has 2 rings (SSSR count). The van der Waals surface area contributed by atoms with E-state index in [4.69, 9.17) is 21.6 Å². The Morgan fingerprint density at radius 3 is 3.20 bits per heavy atom. The van der Waals surface area contributed by atoms with Crippen LogP contribution in [0.2, 0.25) is 5.02 Å². The van der Waals surface area contributed by atoms with Crippen molar-refractivity contribution in [2.45, 2.75) is 13.0 Å². The molecule has 0 bridgehead atoms. The number of morpholine rings is 1. The predicted octanol–water partition coefficient (Wildman–Crippen LogP) is 1.53. The van der Waals surface area contributed by atoms with Gasteiger partial charge >= 0.3 is 0 Å². The number of halogens is 1. The molecule has 1 aromatic heterocycles. The number of nitrogens with zero attached hydrogens (tertiary/aromatic N) is 3. The molecule has 1 aliphatic heterocycles. The van der Waals surface area contributed by atoms with Gasteiger partial charge in [0.1, 0.15) is 5.82 Å². The standard InChI is InChI=1S/C13H15ClN4O2/c1-2-16-12-11(14)5-9(7-17-12)13(19)18-3-4-20-10(6-15)8-18/h5,7,10H,2-4,8H2,1H3,(H,16,17). The Kier molecular flexibility index (Phi) is 4.77. The number of hydrogen-bond donors (Lipinski definition) is 1. The van der Waals surface area contributed by atoms with Gasteiger partial charge in [-0.25, -0.2) is 4.98 Å². The lowest BCUT2D eigenvalue weighted by molar-refractivity contribution is 0.00345. The number of hydrogen-bond acceptors (Lipinski definition) is 5. The zero-order chi connectivity index (χ0) is 14.5. The third-order valence-corrected chi connectivity index (χ3v) is 3.22. The fraction of sp³-hybridized carbons (Fsp3) is 0.462. The topological polar surface area (TPSA) is 78.2 Å². The van der Waals surface area contributed by atoms with E-state index in [1.165, 1.54) is 6.20 Å². The van der Waals surface area contributed by atoms with Crippen molar-refractivity contribution in [3.8, 4) is 6.07 Å². The predicted molar refractivity (Wildman–Crippen MR) is 74.7 cm³/mol. The van der Waals surface area contributed by atoms with Crippen molar-refractivity contribution in [3.63, 3.8) is 0 Å². The quantitative estimate of drug-likeness (QED) is 0.914. The van der Waals surface area contributed by atoms with Gasteiger partial charge in [0.2, 0.25) is 0 Å². The number of rotatable bonds is 3. The Hall–Kier alpha value is -1.84. The first-order valence-corrected chi connectivity index (χ1v) is 6.73. The molecule has 7 heteroatoms. The summed E-state index contributed by atoms with van der Waals surface area (Å²) in [5.41, 5.74) is 0.412. The van der Waals surface area contributed by atoms with Gasteiger partial charge in [0.05, 0.1) is 29.8 Å². The average Bonchev–Trinajstić information content (AvgIpc) is 2.49. The van der Waals surface area contributed by atoms with Gasteiger partial charge < -0.3 is 15.0 Å². The van der Waals surface area contributed by atoms with E-state index < -0.39 is 6.10 Å².